The average molecular weight is 368 g/mol. The number of nitrogens with zero attached hydrogens (tertiary/aromatic N) is 2. The van der Waals surface area contributed by atoms with Crippen molar-refractivity contribution in [2.24, 2.45) is 0 Å². The predicted molar refractivity (Wildman–Crippen MR) is 101 cm³/mol. The molecule has 1 atom stereocenters. The minimum Gasteiger partial charge on any atom is -0.325 e. The van der Waals surface area contributed by atoms with Crippen molar-refractivity contribution in [1.29, 1.82) is 0 Å². The number of urea groups is 1. The van der Waals surface area contributed by atoms with Crippen LogP contribution in [0.1, 0.15) is 29.9 Å². The summed E-state index contributed by atoms with van der Waals surface area (Å²) in [6.07, 6.45) is 4.01. The Kier molecular flexibility index (Phi) is 4.92. The van der Waals surface area contributed by atoms with E-state index in [1.807, 2.05) is 41.3 Å². The second kappa shape index (κ2) is 7.51. The Morgan fingerprint density at radius 2 is 1.70 bits per heavy atom. The number of hydrogen-bond donors (Lipinski definition) is 0. The molecule has 2 aliphatic heterocycles. The smallest absolute Gasteiger partial charge is 0.320 e. The molecule has 5 heteroatoms. The summed E-state index contributed by atoms with van der Waals surface area (Å²) < 4.78 is 28.1. The average Bonchev–Trinajstić information content (AvgIpc) is 3.24. The van der Waals surface area contributed by atoms with Gasteiger partial charge in [0, 0.05) is 37.7 Å². The lowest BCUT2D eigenvalue weighted by atomic mass is 9.90. The van der Waals surface area contributed by atoms with Crippen LogP contribution in [-0.2, 0) is 0 Å². The van der Waals surface area contributed by atoms with Gasteiger partial charge in [0.25, 0.3) is 0 Å². The van der Waals surface area contributed by atoms with Gasteiger partial charge in [0.1, 0.15) is 11.6 Å². The topological polar surface area (TPSA) is 23.6 Å². The van der Waals surface area contributed by atoms with Gasteiger partial charge in [0.05, 0.1) is 0 Å². The molecule has 2 heterocycles. The van der Waals surface area contributed by atoms with Gasteiger partial charge < -0.3 is 9.80 Å². The van der Waals surface area contributed by atoms with E-state index in [1.54, 1.807) is 4.90 Å². The Balaban J connectivity index is 1.70. The van der Waals surface area contributed by atoms with Crippen LogP contribution in [0.3, 0.4) is 0 Å². The maximum atomic E-state index is 14.4. The second-order valence-electron chi connectivity index (χ2n) is 7.19. The molecule has 2 aromatic carbocycles. The largest absolute Gasteiger partial charge is 0.325 e. The van der Waals surface area contributed by atoms with Crippen molar-refractivity contribution < 1.29 is 13.6 Å². The van der Waals surface area contributed by atoms with Gasteiger partial charge in [-0.05, 0) is 42.2 Å². The van der Waals surface area contributed by atoms with Crippen LogP contribution in [-0.4, -0.2) is 42.0 Å². The quantitative estimate of drug-likeness (QED) is 0.756. The first kappa shape index (κ1) is 17.7. The molecule has 0 saturated carbocycles. The summed E-state index contributed by atoms with van der Waals surface area (Å²) in [6, 6.07) is 13.3. The monoisotopic (exact) mass is 368 g/mol. The van der Waals surface area contributed by atoms with E-state index in [4.69, 9.17) is 0 Å². The van der Waals surface area contributed by atoms with Gasteiger partial charge in [0.15, 0.2) is 0 Å². The molecular formula is C22H22F2N2O. The van der Waals surface area contributed by atoms with E-state index in [-0.39, 0.29) is 17.5 Å². The minimum absolute atomic E-state index is 0.0177. The summed E-state index contributed by atoms with van der Waals surface area (Å²) in [6.45, 7) is 2.36. The first-order chi connectivity index (χ1) is 13.1. The van der Waals surface area contributed by atoms with Crippen molar-refractivity contribution in [1.82, 2.24) is 9.80 Å². The molecule has 4 rings (SSSR count). The van der Waals surface area contributed by atoms with Gasteiger partial charge in [-0.15, -0.1) is 0 Å². The van der Waals surface area contributed by atoms with Gasteiger partial charge in [-0.2, -0.15) is 0 Å². The molecule has 27 heavy (non-hydrogen) atoms. The molecular weight excluding hydrogens is 346 g/mol. The second-order valence-corrected chi connectivity index (χ2v) is 7.19. The van der Waals surface area contributed by atoms with Crippen LogP contribution in [0, 0.1) is 11.6 Å². The number of benzene rings is 2. The van der Waals surface area contributed by atoms with E-state index >= 15 is 0 Å². The van der Waals surface area contributed by atoms with E-state index in [1.165, 1.54) is 6.07 Å². The molecule has 0 bridgehead atoms. The lowest BCUT2D eigenvalue weighted by Crippen LogP contribution is -2.45. The number of hydrogen-bond acceptors (Lipinski definition) is 1. The van der Waals surface area contributed by atoms with Crippen molar-refractivity contribution in [3.05, 3.63) is 77.4 Å². The van der Waals surface area contributed by atoms with Gasteiger partial charge in [-0.1, -0.05) is 36.4 Å². The van der Waals surface area contributed by atoms with Crippen LogP contribution in [0.15, 0.2) is 54.6 Å². The highest BCUT2D eigenvalue weighted by Crippen LogP contribution is 2.32. The maximum absolute atomic E-state index is 14.4. The standard InChI is InChI=1S/C22H22F2N2O/c23-19-8-9-21(24)20(13-19)18-12-17(16-6-2-1-3-7-16)14-26(15-18)22(27)25-10-4-5-11-25/h1-3,6-9,12-13,17H,4-5,10-11,14-15H2. The fourth-order valence-corrected chi connectivity index (χ4v) is 3.93. The third-order valence-corrected chi connectivity index (χ3v) is 5.33. The Labute approximate surface area is 157 Å². The van der Waals surface area contributed by atoms with Crippen molar-refractivity contribution in [2.75, 3.05) is 26.2 Å². The van der Waals surface area contributed by atoms with E-state index in [0.29, 0.717) is 18.7 Å². The van der Waals surface area contributed by atoms with Crippen molar-refractivity contribution in [3.63, 3.8) is 0 Å². The molecule has 1 saturated heterocycles. The number of amides is 2. The van der Waals surface area contributed by atoms with Gasteiger partial charge in [0.2, 0.25) is 0 Å². The third kappa shape index (κ3) is 3.72. The molecule has 0 aliphatic carbocycles. The molecule has 140 valence electrons. The van der Waals surface area contributed by atoms with E-state index in [9.17, 15) is 13.6 Å². The van der Waals surface area contributed by atoms with E-state index in [2.05, 4.69) is 0 Å². The molecule has 2 aromatic rings. The summed E-state index contributed by atoms with van der Waals surface area (Å²) >= 11 is 0. The van der Waals surface area contributed by atoms with Gasteiger partial charge >= 0.3 is 6.03 Å². The maximum Gasteiger partial charge on any atom is 0.320 e. The van der Waals surface area contributed by atoms with Crippen LogP contribution in [0.2, 0.25) is 0 Å². The molecule has 1 fully saturated rings. The molecule has 0 aromatic heterocycles. The van der Waals surface area contributed by atoms with Crippen LogP contribution >= 0.6 is 0 Å². The summed E-state index contributed by atoms with van der Waals surface area (Å²) in [7, 11) is 0. The molecule has 2 aliphatic rings. The number of halogens is 2. The predicted octanol–water partition coefficient (Wildman–Crippen LogP) is 4.66. The Morgan fingerprint density at radius 3 is 2.44 bits per heavy atom. The van der Waals surface area contributed by atoms with Crippen LogP contribution in [0.5, 0.6) is 0 Å². The van der Waals surface area contributed by atoms with E-state index < -0.39 is 11.6 Å². The summed E-state index contributed by atoms with van der Waals surface area (Å²) in [5, 5.41) is 0. The third-order valence-electron chi connectivity index (χ3n) is 5.33. The number of likely N-dealkylation sites (tertiary alicyclic amines) is 1. The fourth-order valence-electron chi connectivity index (χ4n) is 3.93. The summed E-state index contributed by atoms with van der Waals surface area (Å²) in [5.41, 5.74) is 1.94. The Bertz CT molecular complexity index is 860. The highest BCUT2D eigenvalue weighted by Gasteiger charge is 2.30. The number of carbonyl (C=O) groups is 1. The van der Waals surface area contributed by atoms with Crippen molar-refractivity contribution in [3.8, 4) is 0 Å². The molecule has 2 amide bonds. The van der Waals surface area contributed by atoms with Gasteiger partial charge in [-0.3, -0.25) is 0 Å². The Morgan fingerprint density at radius 1 is 0.963 bits per heavy atom. The van der Waals surface area contributed by atoms with Gasteiger partial charge in [-0.25, -0.2) is 13.6 Å². The molecule has 0 spiro atoms. The van der Waals surface area contributed by atoms with E-state index in [0.717, 1.165) is 43.6 Å². The lowest BCUT2D eigenvalue weighted by molar-refractivity contribution is 0.165. The summed E-state index contributed by atoms with van der Waals surface area (Å²) in [5.74, 6) is -0.999. The van der Waals surface area contributed by atoms with Crippen molar-refractivity contribution >= 4 is 11.6 Å². The van der Waals surface area contributed by atoms with Crippen molar-refractivity contribution in [2.45, 2.75) is 18.8 Å². The number of rotatable bonds is 2. The Hall–Kier alpha value is -2.69. The van der Waals surface area contributed by atoms with Crippen LogP contribution in [0.25, 0.3) is 5.57 Å². The minimum atomic E-state index is -0.480. The zero-order valence-corrected chi connectivity index (χ0v) is 15.1. The normalized spacial score (nSPS) is 19.9. The highest BCUT2D eigenvalue weighted by atomic mass is 19.1. The lowest BCUT2D eigenvalue weighted by Gasteiger charge is -2.35. The number of carbonyl (C=O) groups excluding carboxylic acids is 1. The summed E-state index contributed by atoms with van der Waals surface area (Å²) in [4.78, 5) is 16.6. The molecule has 3 nitrogen and oxygen atoms in total. The fraction of sp³-hybridized carbons (Fsp3) is 0.318. The first-order valence-electron chi connectivity index (χ1n) is 9.37. The molecule has 1 unspecified atom stereocenters. The van der Waals surface area contributed by atoms with Crippen LogP contribution in [0.4, 0.5) is 13.6 Å². The van der Waals surface area contributed by atoms with Crippen LogP contribution < -0.4 is 0 Å². The highest BCUT2D eigenvalue weighted by molar-refractivity contribution is 5.80. The zero-order valence-electron chi connectivity index (χ0n) is 15.1. The molecule has 0 radical (unpaired) electrons. The SMILES string of the molecule is O=C(N1CCCC1)N1CC(c2cc(F)ccc2F)=CC(c2ccccc2)C1. The first-order valence-corrected chi connectivity index (χ1v) is 9.37. The molecule has 0 N–H and O–H groups in total. The zero-order chi connectivity index (χ0) is 18.8.